The highest BCUT2D eigenvalue weighted by molar-refractivity contribution is 6.08. The van der Waals surface area contributed by atoms with Gasteiger partial charge in [0.2, 0.25) is 0 Å². The quantitative estimate of drug-likeness (QED) is 0.402. The Morgan fingerprint density at radius 3 is 2.70 bits per heavy atom. The molecule has 0 bridgehead atoms. The highest BCUT2D eigenvalue weighted by atomic mass is 16.6. The summed E-state index contributed by atoms with van der Waals surface area (Å²) < 4.78 is 9.24. The Kier molecular flexibility index (Phi) is 1.88. The van der Waals surface area contributed by atoms with Crippen molar-refractivity contribution >= 4 is 30.1 Å². The molecule has 8 nitrogen and oxygen atoms in total. The van der Waals surface area contributed by atoms with Gasteiger partial charge < -0.3 is 9.47 Å². The first-order valence-electron chi connectivity index (χ1n) is 6.06. The van der Waals surface area contributed by atoms with Crippen molar-refractivity contribution in [2.24, 2.45) is 16.9 Å². The average Bonchev–Trinajstić information content (AvgIpc) is 2.97. The van der Waals surface area contributed by atoms with E-state index in [0.29, 0.717) is 0 Å². The molecule has 0 aliphatic carbocycles. The van der Waals surface area contributed by atoms with Crippen LogP contribution in [0.1, 0.15) is 6.42 Å². The molecular weight excluding hydrogens is 268 g/mol. The van der Waals surface area contributed by atoms with Crippen molar-refractivity contribution in [3.8, 4) is 0 Å². The third-order valence-corrected chi connectivity index (χ3v) is 4.22. The largest absolute Gasteiger partial charge is 0.393 e. The van der Waals surface area contributed by atoms with Crippen LogP contribution in [-0.2, 0) is 28.7 Å². The zero-order valence-corrected chi connectivity index (χ0v) is 10.0. The highest BCUT2D eigenvalue weighted by Crippen LogP contribution is 2.53. The number of allylic oxidation sites excluding steroid dienone is 1. The van der Waals surface area contributed by atoms with E-state index in [4.69, 9.17) is 0 Å². The van der Waals surface area contributed by atoms with Crippen molar-refractivity contribution < 1.29 is 28.7 Å². The number of hydrazone groups is 1. The second-order valence-corrected chi connectivity index (χ2v) is 5.09. The summed E-state index contributed by atoms with van der Waals surface area (Å²) in [4.78, 5) is 47.5. The summed E-state index contributed by atoms with van der Waals surface area (Å²) in [6.45, 7) is 0. The van der Waals surface area contributed by atoms with Crippen molar-refractivity contribution in [3.05, 3.63) is 12.2 Å². The maximum absolute atomic E-state index is 12.2. The topological polar surface area (TPSA) is 102 Å². The molecule has 3 saturated heterocycles. The number of hydrogen-bond donors (Lipinski definition) is 0. The number of nitrogens with zero attached hydrogens (tertiary/aromatic N) is 2. The Balaban J connectivity index is 1.93. The van der Waals surface area contributed by atoms with Gasteiger partial charge in [-0.05, 0) is 6.08 Å². The number of ether oxygens (including phenoxy) is 2. The summed E-state index contributed by atoms with van der Waals surface area (Å²) in [6.07, 6.45) is 4.41. The number of hydrogen-bond acceptors (Lipinski definition) is 8. The Hall–Kier alpha value is -2.51. The van der Waals surface area contributed by atoms with E-state index < -0.39 is 47.3 Å². The number of fused-ring (bicyclic) bond motifs is 5. The molecule has 0 radical (unpaired) electrons. The van der Waals surface area contributed by atoms with Crippen LogP contribution in [0, 0.1) is 11.8 Å². The molecule has 0 unspecified atom stereocenters. The van der Waals surface area contributed by atoms with Crippen molar-refractivity contribution in [2.45, 2.75) is 18.0 Å². The summed E-state index contributed by atoms with van der Waals surface area (Å²) in [5, 5.41) is 5.41. The summed E-state index contributed by atoms with van der Waals surface area (Å²) in [5.41, 5.74) is -1.56. The second-order valence-electron chi connectivity index (χ2n) is 5.09. The van der Waals surface area contributed by atoms with Gasteiger partial charge in [-0.25, -0.2) is 4.79 Å². The zero-order valence-electron chi connectivity index (χ0n) is 10.0. The van der Waals surface area contributed by atoms with Crippen molar-refractivity contribution in [2.75, 3.05) is 0 Å². The molecule has 0 aromatic heterocycles. The van der Waals surface area contributed by atoms with Gasteiger partial charge in [0.25, 0.3) is 0 Å². The molecule has 4 aliphatic rings. The molecule has 0 amide bonds. The fourth-order valence-corrected chi connectivity index (χ4v) is 3.49. The highest BCUT2D eigenvalue weighted by Gasteiger charge is 2.75. The molecule has 102 valence electrons. The van der Waals surface area contributed by atoms with Crippen LogP contribution in [0.4, 0.5) is 0 Å². The van der Waals surface area contributed by atoms with E-state index in [1.54, 1.807) is 12.2 Å². The molecule has 0 saturated carbocycles. The van der Waals surface area contributed by atoms with Gasteiger partial charge in [-0.15, -0.1) is 0 Å². The third kappa shape index (κ3) is 1.06. The van der Waals surface area contributed by atoms with E-state index in [2.05, 4.69) is 14.6 Å². The first-order valence-corrected chi connectivity index (χ1v) is 6.06. The molecule has 4 rings (SSSR count). The zero-order chi connectivity index (χ0) is 14.1. The van der Waals surface area contributed by atoms with Crippen LogP contribution in [0.25, 0.3) is 0 Å². The Bertz CT molecular complexity index is 638. The average molecular weight is 276 g/mol. The van der Waals surface area contributed by atoms with E-state index in [-0.39, 0.29) is 6.42 Å². The lowest BCUT2D eigenvalue weighted by molar-refractivity contribution is -0.163. The van der Waals surface area contributed by atoms with E-state index in [0.717, 1.165) is 0 Å². The minimum Gasteiger partial charge on any atom is -0.393 e. The van der Waals surface area contributed by atoms with Gasteiger partial charge in [0.05, 0.1) is 18.4 Å². The summed E-state index contributed by atoms with van der Waals surface area (Å²) in [5.74, 6) is -4.97. The van der Waals surface area contributed by atoms with Crippen LogP contribution < -0.4 is 0 Å². The fourth-order valence-electron chi connectivity index (χ4n) is 3.49. The van der Waals surface area contributed by atoms with Gasteiger partial charge in [-0.1, -0.05) is 6.08 Å². The van der Waals surface area contributed by atoms with Crippen molar-refractivity contribution in [1.82, 2.24) is 5.01 Å². The first-order chi connectivity index (χ1) is 9.55. The number of carbonyl (C=O) groups is 4. The van der Waals surface area contributed by atoms with Crippen LogP contribution in [-0.4, -0.2) is 46.7 Å². The maximum Gasteiger partial charge on any atom is 0.342 e. The van der Waals surface area contributed by atoms with E-state index in [1.165, 1.54) is 11.2 Å². The first kappa shape index (κ1) is 11.3. The lowest BCUT2D eigenvalue weighted by atomic mass is 9.79. The monoisotopic (exact) mass is 276 g/mol. The molecule has 0 N–H and O–H groups in total. The molecule has 0 aromatic carbocycles. The standard InChI is InChI=1S/C12H8N2O6/c15-6-4-12(11(18)19-6)8-7(9(16)20-10(8)17)5-2-1-3-13-14(5)12/h1-3,5,7-8H,4H2/t5-,7+,8-,12-/m1/s1. The van der Waals surface area contributed by atoms with Crippen LogP contribution in [0.3, 0.4) is 0 Å². The van der Waals surface area contributed by atoms with Crippen LogP contribution in [0.5, 0.6) is 0 Å². The lowest BCUT2D eigenvalue weighted by Crippen LogP contribution is -2.53. The Morgan fingerprint density at radius 1 is 1.20 bits per heavy atom. The molecule has 3 fully saturated rings. The second kappa shape index (κ2) is 3.33. The van der Waals surface area contributed by atoms with Crippen LogP contribution in [0.15, 0.2) is 17.3 Å². The number of cyclic esters (lactones) is 4. The van der Waals surface area contributed by atoms with Gasteiger partial charge in [-0.3, -0.25) is 19.4 Å². The smallest absolute Gasteiger partial charge is 0.342 e. The number of rotatable bonds is 0. The third-order valence-electron chi connectivity index (χ3n) is 4.22. The van der Waals surface area contributed by atoms with E-state index in [9.17, 15) is 19.2 Å². The molecule has 8 heteroatoms. The molecule has 0 aromatic rings. The predicted molar refractivity (Wildman–Crippen MR) is 59.8 cm³/mol. The summed E-state index contributed by atoms with van der Waals surface area (Å²) in [6, 6.07) is -0.581. The molecule has 20 heavy (non-hydrogen) atoms. The molecule has 1 spiro atoms. The maximum atomic E-state index is 12.2. The van der Waals surface area contributed by atoms with Crippen molar-refractivity contribution in [3.63, 3.8) is 0 Å². The van der Waals surface area contributed by atoms with Crippen LogP contribution >= 0.6 is 0 Å². The number of esters is 4. The Morgan fingerprint density at radius 2 is 2.00 bits per heavy atom. The van der Waals surface area contributed by atoms with Gasteiger partial charge in [-0.2, -0.15) is 5.10 Å². The fraction of sp³-hybridized carbons (Fsp3) is 0.417. The molecule has 4 atom stereocenters. The summed E-state index contributed by atoms with van der Waals surface area (Å²) >= 11 is 0. The molecule has 4 aliphatic heterocycles. The molecular formula is C12H8N2O6. The van der Waals surface area contributed by atoms with Gasteiger partial charge in [0.1, 0.15) is 5.92 Å². The summed E-state index contributed by atoms with van der Waals surface area (Å²) in [7, 11) is 0. The van der Waals surface area contributed by atoms with E-state index in [1.807, 2.05) is 0 Å². The van der Waals surface area contributed by atoms with Crippen molar-refractivity contribution in [1.29, 1.82) is 0 Å². The number of carbonyl (C=O) groups excluding carboxylic acids is 4. The Labute approximate surface area is 112 Å². The normalized spacial score (nSPS) is 41.2. The lowest BCUT2D eigenvalue weighted by Gasteiger charge is -2.33. The minimum atomic E-state index is -1.56. The van der Waals surface area contributed by atoms with E-state index >= 15 is 0 Å². The SMILES string of the molecule is O=C1C[C@]2(C(=O)O1)[C@H]1C(=O)OC(=O)[C@H]1[C@H]1C=CC=NN12. The van der Waals surface area contributed by atoms with Gasteiger partial charge >= 0.3 is 23.9 Å². The minimum absolute atomic E-state index is 0.308. The van der Waals surface area contributed by atoms with Gasteiger partial charge in [0, 0.05) is 6.21 Å². The predicted octanol–water partition coefficient (Wildman–Crippen LogP) is -1.25. The van der Waals surface area contributed by atoms with Crippen LogP contribution in [0.2, 0.25) is 0 Å². The molecule has 4 heterocycles. The van der Waals surface area contributed by atoms with Gasteiger partial charge in [0.15, 0.2) is 5.54 Å².